The number of nitrogens with one attached hydrogen (secondary N) is 1. The summed E-state index contributed by atoms with van der Waals surface area (Å²) in [5.74, 6) is -0.414. The maximum absolute atomic E-state index is 13.6. The van der Waals surface area contributed by atoms with Crippen LogP contribution in [0.4, 0.5) is 5.69 Å². The molecule has 0 saturated carbocycles. The zero-order valence-corrected chi connectivity index (χ0v) is 23.2. The molecule has 1 aliphatic heterocycles. The van der Waals surface area contributed by atoms with Gasteiger partial charge in [0.05, 0.1) is 0 Å². The lowest BCUT2D eigenvalue weighted by Gasteiger charge is -2.30. The number of hydrogen-bond donors (Lipinski definition) is 1. The number of benzene rings is 2. The van der Waals surface area contributed by atoms with Gasteiger partial charge in [0.2, 0.25) is 15.9 Å². The number of sulfonamides is 1. The molecule has 2 aromatic carbocycles. The predicted molar refractivity (Wildman–Crippen MR) is 147 cm³/mol. The highest BCUT2D eigenvalue weighted by Gasteiger charge is 2.36. The molecule has 1 fully saturated rings. The van der Waals surface area contributed by atoms with Crippen molar-refractivity contribution in [3.05, 3.63) is 75.7 Å². The average molecular weight is 536 g/mol. The molecule has 0 spiro atoms. The number of aromatic nitrogens is 1. The Morgan fingerprint density at radius 1 is 1.03 bits per heavy atom. The van der Waals surface area contributed by atoms with Crippen LogP contribution in [0.15, 0.2) is 45.8 Å². The van der Waals surface area contributed by atoms with E-state index in [2.05, 4.69) is 22.6 Å². The van der Waals surface area contributed by atoms with Crippen LogP contribution in [0, 0.1) is 33.6 Å². The number of Topliss-reactive ketones (excluding diaryl/α,β-unsaturated/α-hetero) is 1. The number of piperidine rings is 1. The summed E-state index contributed by atoms with van der Waals surface area (Å²) in [6.45, 7) is 9.57. The van der Waals surface area contributed by atoms with Gasteiger partial charge in [0, 0.05) is 30.3 Å². The first-order chi connectivity index (χ1) is 18.0. The zero-order valence-electron chi connectivity index (χ0n) is 22.4. The molecule has 8 nitrogen and oxygen atoms in total. The fraction of sp³-hybridized carbons (Fsp3) is 0.345. The first-order valence-corrected chi connectivity index (χ1v) is 14.1. The van der Waals surface area contributed by atoms with Gasteiger partial charge in [0.1, 0.15) is 5.69 Å². The minimum Gasteiger partial charge on any atom is -0.355 e. The minimum absolute atomic E-state index is 0.0557. The van der Waals surface area contributed by atoms with Crippen LogP contribution in [0.25, 0.3) is 12.2 Å². The monoisotopic (exact) mass is 535 g/mol. The van der Waals surface area contributed by atoms with Crippen LogP contribution >= 0.6 is 0 Å². The second-order valence-electron chi connectivity index (χ2n) is 9.91. The highest BCUT2D eigenvalue weighted by molar-refractivity contribution is 7.89. The normalized spacial score (nSPS) is 15.2. The van der Waals surface area contributed by atoms with Crippen LogP contribution < -0.4 is 5.32 Å². The maximum Gasteiger partial charge on any atom is 0.248 e. The number of rotatable bonds is 7. The topological polar surface area (TPSA) is 110 Å². The Morgan fingerprint density at radius 2 is 1.68 bits per heavy atom. The summed E-state index contributed by atoms with van der Waals surface area (Å²) in [5, 5.41) is 6.80. The molecule has 1 saturated heterocycles. The third-order valence-electron chi connectivity index (χ3n) is 6.93. The summed E-state index contributed by atoms with van der Waals surface area (Å²) >= 11 is 0. The molecule has 0 bridgehead atoms. The Bertz CT molecular complexity index is 1490. The van der Waals surface area contributed by atoms with Crippen molar-refractivity contribution in [1.82, 2.24) is 9.46 Å². The van der Waals surface area contributed by atoms with Crippen LogP contribution in [0.3, 0.4) is 0 Å². The van der Waals surface area contributed by atoms with Gasteiger partial charge < -0.3 is 9.84 Å². The van der Waals surface area contributed by atoms with Gasteiger partial charge in [0.25, 0.3) is 0 Å². The number of carbonyl (C=O) groups is 2. The largest absolute Gasteiger partial charge is 0.355 e. The van der Waals surface area contributed by atoms with Crippen molar-refractivity contribution in [2.24, 2.45) is 5.92 Å². The van der Waals surface area contributed by atoms with Gasteiger partial charge in [-0.25, -0.2) is 8.42 Å². The van der Waals surface area contributed by atoms with E-state index < -0.39 is 10.0 Å². The third-order valence-corrected chi connectivity index (χ3v) is 8.99. The Balaban J connectivity index is 1.47. The van der Waals surface area contributed by atoms with Crippen molar-refractivity contribution in [2.75, 3.05) is 18.4 Å². The number of nitrogens with zero attached hydrogens (tertiary/aromatic N) is 2. The van der Waals surface area contributed by atoms with Crippen molar-refractivity contribution >= 4 is 39.6 Å². The van der Waals surface area contributed by atoms with Crippen molar-refractivity contribution in [1.29, 1.82) is 0 Å². The van der Waals surface area contributed by atoms with Gasteiger partial charge >= 0.3 is 0 Å². The van der Waals surface area contributed by atoms with Gasteiger partial charge in [-0.3, -0.25) is 9.59 Å². The fourth-order valence-corrected chi connectivity index (χ4v) is 6.68. The van der Waals surface area contributed by atoms with Gasteiger partial charge in [-0.05, 0) is 82.4 Å². The molecular formula is C29H33N3O5S. The van der Waals surface area contributed by atoms with Crippen LogP contribution in [0.2, 0.25) is 0 Å². The molecule has 4 rings (SSSR count). The lowest BCUT2D eigenvalue weighted by Crippen LogP contribution is -2.41. The minimum atomic E-state index is -3.88. The first kappa shape index (κ1) is 27.5. The van der Waals surface area contributed by atoms with Crippen molar-refractivity contribution < 1.29 is 22.5 Å². The molecule has 0 aliphatic carbocycles. The molecule has 3 aromatic rings. The highest BCUT2D eigenvalue weighted by Crippen LogP contribution is 2.30. The predicted octanol–water partition coefficient (Wildman–Crippen LogP) is 5.32. The Morgan fingerprint density at radius 3 is 2.32 bits per heavy atom. The van der Waals surface area contributed by atoms with Crippen molar-refractivity contribution in [2.45, 2.75) is 52.4 Å². The van der Waals surface area contributed by atoms with E-state index in [4.69, 9.17) is 4.52 Å². The Hall–Kier alpha value is -3.56. The molecular weight excluding hydrogens is 502 g/mol. The molecule has 1 N–H and O–H groups in total. The van der Waals surface area contributed by atoms with Crippen LogP contribution in [0.5, 0.6) is 0 Å². The second kappa shape index (κ2) is 11.0. The number of hydrogen-bond acceptors (Lipinski definition) is 6. The molecule has 2 heterocycles. The molecule has 1 aliphatic rings. The Kier molecular flexibility index (Phi) is 7.99. The SMILES string of the molecule is CC(=O)c1cccc(NC(=O)C2CCN(S(=O)(=O)c3c(C)noc3C=Cc3c(C)cc(C)cc3C)CC2)c1. The van der Waals surface area contributed by atoms with E-state index in [0.29, 0.717) is 29.8 Å². The molecule has 38 heavy (non-hydrogen) atoms. The number of aryl methyl sites for hydroxylation is 4. The number of anilines is 1. The lowest BCUT2D eigenvalue weighted by atomic mass is 9.97. The summed E-state index contributed by atoms with van der Waals surface area (Å²) in [4.78, 5) is 24.5. The number of carbonyl (C=O) groups excluding carboxylic acids is 2. The van der Waals surface area contributed by atoms with Gasteiger partial charge in [-0.2, -0.15) is 4.31 Å². The van der Waals surface area contributed by atoms with Gasteiger partial charge in [0.15, 0.2) is 16.4 Å². The van der Waals surface area contributed by atoms with E-state index in [9.17, 15) is 18.0 Å². The summed E-state index contributed by atoms with van der Waals surface area (Å²) in [6, 6.07) is 10.9. The van der Waals surface area contributed by atoms with E-state index in [1.165, 1.54) is 11.2 Å². The number of ketones is 1. The maximum atomic E-state index is 13.6. The van der Waals surface area contributed by atoms with Crippen molar-refractivity contribution in [3.8, 4) is 0 Å². The van der Waals surface area contributed by atoms with E-state index >= 15 is 0 Å². The molecule has 200 valence electrons. The van der Waals surface area contributed by atoms with E-state index in [1.54, 1.807) is 37.3 Å². The molecule has 0 unspecified atom stereocenters. The van der Waals surface area contributed by atoms with E-state index in [1.807, 2.05) is 26.8 Å². The van der Waals surface area contributed by atoms with Gasteiger partial charge in [-0.1, -0.05) is 41.1 Å². The molecule has 9 heteroatoms. The van der Waals surface area contributed by atoms with E-state index in [-0.39, 0.29) is 41.4 Å². The van der Waals surface area contributed by atoms with Crippen LogP contribution in [-0.4, -0.2) is 42.7 Å². The van der Waals surface area contributed by atoms with E-state index in [0.717, 1.165) is 22.3 Å². The molecule has 0 atom stereocenters. The van der Waals surface area contributed by atoms with Crippen molar-refractivity contribution in [3.63, 3.8) is 0 Å². The number of amides is 1. The highest BCUT2D eigenvalue weighted by atomic mass is 32.2. The summed E-state index contributed by atoms with van der Waals surface area (Å²) in [6.07, 6.45) is 4.29. The van der Waals surface area contributed by atoms with Gasteiger partial charge in [-0.15, -0.1) is 0 Å². The fourth-order valence-electron chi connectivity index (χ4n) is 4.96. The smallest absolute Gasteiger partial charge is 0.248 e. The quantitative estimate of drug-likeness (QED) is 0.410. The Labute approximate surface area is 223 Å². The summed E-state index contributed by atoms with van der Waals surface area (Å²) in [5.41, 5.74) is 5.72. The molecule has 1 aromatic heterocycles. The van der Waals surface area contributed by atoms with Crippen LogP contribution in [-0.2, 0) is 14.8 Å². The van der Waals surface area contributed by atoms with Crippen LogP contribution in [0.1, 0.15) is 63.8 Å². The summed E-state index contributed by atoms with van der Waals surface area (Å²) in [7, 11) is -3.88. The standard InChI is InChI=1S/C29H33N3O5S/c1-18-15-19(2)26(20(3)16-18)9-10-27-28(21(4)31-37-27)38(35,36)32-13-11-23(12-14-32)29(34)30-25-8-6-7-24(17-25)22(5)33/h6-10,15-17,23H,11-14H2,1-5H3,(H,30,34). The zero-order chi connectivity index (χ0) is 27.6. The first-order valence-electron chi connectivity index (χ1n) is 12.6. The molecule has 0 radical (unpaired) electrons. The summed E-state index contributed by atoms with van der Waals surface area (Å²) < 4.78 is 34.0. The third kappa shape index (κ3) is 5.79. The average Bonchev–Trinajstić information content (AvgIpc) is 3.24. The molecule has 1 amide bonds. The lowest BCUT2D eigenvalue weighted by molar-refractivity contribution is -0.120. The second-order valence-corrected chi connectivity index (χ2v) is 11.8.